The van der Waals surface area contributed by atoms with Gasteiger partial charge < -0.3 is 0 Å². The van der Waals surface area contributed by atoms with E-state index < -0.39 is 22.8 Å². The second-order valence-corrected chi connectivity index (χ2v) is 7.38. The van der Waals surface area contributed by atoms with Crippen molar-refractivity contribution in [3.05, 3.63) is 30.3 Å². The average Bonchev–Trinajstić information content (AvgIpc) is 2.19. The predicted molar refractivity (Wildman–Crippen MR) is 50.7 cm³/mol. The number of hydrogen-bond donors (Lipinski definition) is 0. The van der Waals surface area contributed by atoms with E-state index in [-0.39, 0.29) is 0 Å². The van der Waals surface area contributed by atoms with Crippen LogP contribution >= 0.6 is 0 Å². The first kappa shape index (κ1) is 11.6. The Morgan fingerprint density at radius 3 is 2.00 bits per heavy atom. The molecule has 0 aromatic heterocycles. The van der Waals surface area contributed by atoms with Crippen LogP contribution in [0.3, 0.4) is 0 Å². The number of carbonyl (C=O) groups excluding carboxylic acids is 1. The van der Waals surface area contributed by atoms with Gasteiger partial charge in [0.15, 0.2) is 0 Å². The van der Waals surface area contributed by atoms with Crippen molar-refractivity contribution in [2.24, 2.45) is 4.40 Å². The molecular formula is C7H5NO5S2. The molecule has 0 spiro atoms. The second kappa shape index (κ2) is 3.93. The van der Waals surface area contributed by atoms with Crippen LogP contribution in [0.2, 0.25) is 0 Å². The summed E-state index contributed by atoms with van der Waals surface area (Å²) >= 11 is 0. The molecule has 0 atom stereocenters. The lowest BCUT2D eigenvalue weighted by molar-refractivity contribution is 0.563. The van der Waals surface area contributed by atoms with Crippen LogP contribution in [0.5, 0.6) is 0 Å². The number of benzene rings is 1. The Labute approximate surface area is 85.6 Å². The Kier molecular flexibility index (Phi) is 3.04. The summed E-state index contributed by atoms with van der Waals surface area (Å²) in [5.74, 6) is 0. The molecule has 0 aliphatic carbocycles. The average molecular weight is 247 g/mol. The van der Waals surface area contributed by atoms with E-state index in [0.717, 1.165) is 12.1 Å². The highest BCUT2D eigenvalue weighted by Crippen LogP contribution is 2.17. The third kappa shape index (κ3) is 2.12. The van der Waals surface area contributed by atoms with Crippen LogP contribution in [-0.2, 0) is 22.7 Å². The van der Waals surface area contributed by atoms with Crippen LogP contribution in [0.4, 0.5) is 0 Å². The first-order valence-corrected chi connectivity index (χ1v) is 7.00. The van der Waals surface area contributed by atoms with Gasteiger partial charge in [-0.15, -0.1) is 0 Å². The fraction of sp³-hybridized carbons (Fsp3) is 0. The molecule has 0 unspecified atom stereocenters. The predicted octanol–water partition coefficient (Wildman–Crippen LogP) is 0.0409. The third-order valence-electron chi connectivity index (χ3n) is 1.46. The number of nitrogens with zero attached hydrogens (tertiary/aromatic N) is 1. The lowest BCUT2D eigenvalue weighted by Crippen LogP contribution is -2.12. The minimum atomic E-state index is -4.89. The summed E-state index contributed by atoms with van der Waals surface area (Å²) in [5.41, 5.74) is 0. The summed E-state index contributed by atoms with van der Waals surface area (Å²) < 4.78 is 47.1. The zero-order chi connectivity index (χ0) is 11.5. The molecule has 0 N–H and O–H groups in total. The molecule has 0 aliphatic heterocycles. The molecule has 15 heavy (non-hydrogen) atoms. The summed E-state index contributed by atoms with van der Waals surface area (Å²) in [6, 6.07) is 6.41. The van der Waals surface area contributed by atoms with Gasteiger partial charge in [-0.2, -0.15) is 8.42 Å². The van der Waals surface area contributed by atoms with Crippen LogP contribution in [0, 0.1) is 0 Å². The number of rotatable bonds is 3. The molecular weight excluding hydrogens is 242 g/mol. The van der Waals surface area contributed by atoms with Crippen LogP contribution in [-0.4, -0.2) is 22.9 Å². The molecule has 80 valence electrons. The molecule has 1 rings (SSSR count). The standard InChI is InChI=1S/C7H5NO5S2/c9-6-8-15(12,13)14(10,11)7-4-2-1-3-5-7/h1-5H. The van der Waals surface area contributed by atoms with E-state index in [2.05, 4.69) is 4.40 Å². The Balaban J connectivity index is 3.47. The molecule has 0 heterocycles. The normalized spacial score (nSPS) is 11.7. The second-order valence-electron chi connectivity index (χ2n) is 2.38. The van der Waals surface area contributed by atoms with Crippen LogP contribution in [0.15, 0.2) is 39.6 Å². The maximum Gasteiger partial charge on any atom is 0.374 e. The fourth-order valence-corrected chi connectivity index (χ4v) is 3.18. The van der Waals surface area contributed by atoms with Gasteiger partial charge in [0.25, 0.3) is 6.08 Å². The summed E-state index contributed by atoms with van der Waals surface area (Å²) in [7, 11) is -9.55. The van der Waals surface area contributed by atoms with Crippen molar-refractivity contribution in [1.29, 1.82) is 0 Å². The molecule has 0 saturated carbocycles. The molecule has 0 fully saturated rings. The van der Waals surface area contributed by atoms with E-state index >= 15 is 0 Å². The van der Waals surface area contributed by atoms with Crippen molar-refractivity contribution in [1.82, 2.24) is 0 Å². The van der Waals surface area contributed by atoms with E-state index in [1.165, 1.54) is 18.2 Å². The SMILES string of the molecule is O=C=NS(=O)(=O)S(=O)(=O)c1ccccc1. The van der Waals surface area contributed by atoms with Crippen molar-refractivity contribution in [2.45, 2.75) is 4.90 Å². The first-order valence-electron chi connectivity index (χ1n) is 3.56. The Hall–Kier alpha value is -1.50. The monoisotopic (exact) mass is 247 g/mol. The summed E-state index contributed by atoms with van der Waals surface area (Å²) in [4.78, 5) is 9.32. The highest BCUT2D eigenvalue weighted by atomic mass is 33.2. The van der Waals surface area contributed by atoms with Crippen molar-refractivity contribution in [3.8, 4) is 0 Å². The minimum absolute atomic E-state index is 0.441. The maximum atomic E-state index is 11.4. The van der Waals surface area contributed by atoms with Gasteiger partial charge in [0, 0.05) is 0 Å². The van der Waals surface area contributed by atoms with Gasteiger partial charge >= 0.3 is 17.9 Å². The van der Waals surface area contributed by atoms with Crippen molar-refractivity contribution >= 4 is 24.0 Å². The molecule has 0 amide bonds. The topological polar surface area (TPSA) is 97.7 Å². The van der Waals surface area contributed by atoms with Gasteiger partial charge in [0.05, 0.1) is 4.90 Å². The van der Waals surface area contributed by atoms with Gasteiger partial charge in [-0.1, -0.05) is 22.6 Å². The Morgan fingerprint density at radius 1 is 1.00 bits per heavy atom. The molecule has 0 aliphatic rings. The number of isocyanates is 1. The molecule has 1 aromatic rings. The number of hydrogen-bond acceptors (Lipinski definition) is 5. The first-order chi connectivity index (χ1) is 6.92. The summed E-state index contributed by atoms with van der Waals surface area (Å²) in [5, 5.41) is 0. The lowest BCUT2D eigenvalue weighted by atomic mass is 10.4. The highest BCUT2D eigenvalue weighted by molar-refractivity contribution is 8.66. The van der Waals surface area contributed by atoms with E-state index in [1.807, 2.05) is 0 Å². The van der Waals surface area contributed by atoms with E-state index in [0.29, 0.717) is 6.08 Å². The minimum Gasteiger partial charge on any atom is -0.210 e. The molecule has 8 heteroatoms. The van der Waals surface area contributed by atoms with E-state index in [1.54, 1.807) is 0 Å². The summed E-state index contributed by atoms with van der Waals surface area (Å²) in [6.07, 6.45) is 0.692. The Morgan fingerprint density at radius 2 is 1.53 bits per heavy atom. The largest absolute Gasteiger partial charge is 0.374 e. The summed E-state index contributed by atoms with van der Waals surface area (Å²) in [6.45, 7) is 0. The molecule has 0 saturated heterocycles. The van der Waals surface area contributed by atoms with Crippen LogP contribution in [0.25, 0.3) is 0 Å². The smallest absolute Gasteiger partial charge is 0.210 e. The van der Waals surface area contributed by atoms with Crippen LogP contribution < -0.4 is 0 Å². The lowest BCUT2D eigenvalue weighted by Gasteiger charge is -1.98. The maximum absolute atomic E-state index is 11.4. The fourth-order valence-electron chi connectivity index (χ4n) is 0.803. The van der Waals surface area contributed by atoms with Gasteiger partial charge in [-0.25, -0.2) is 13.2 Å². The van der Waals surface area contributed by atoms with Crippen molar-refractivity contribution < 1.29 is 21.6 Å². The van der Waals surface area contributed by atoms with E-state index in [9.17, 15) is 21.6 Å². The zero-order valence-electron chi connectivity index (χ0n) is 7.19. The zero-order valence-corrected chi connectivity index (χ0v) is 8.82. The van der Waals surface area contributed by atoms with Crippen molar-refractivity contribution in [3.63, 3.8) is 0 Å². The molecule has 0 radical (unpaired) electrons. The molecule has 0 bridgehead atoms. The van der Waals surface area contributed by atoms with Gasteiger partial charge in [-0.05, 0) is 12.1 Å². The molecule has 6 nitrogen and oxygen atoms in total. The van der Waals surface area contributed by atoms with Crippen molar-refractivity contribution in [2.75, 3.05) is 0 Å². The highest BCUT2D eigenvalue weighted by Gasteiger charge is 2.31. The van der Waals surface area contributed by atoms with Gasteiger partial charge in [0.2, 0.25) is 0 Å². The third-order valence-corrected chi connectivity index (χ3v) is 5.63. The Bertz CT molecular complexity index is 596. The van der Waals surface area contributed by atoms with Gasteiger partial charge in [0.1, 0.15) is 0 Å². The van der Waals surface area contributed by atoms with Crippen LogP contribution in [0.1, 0.15) is 0 Å². The van der Waals surface area contributed by atoms with Gasteiger partial charge in [-0.3, -0.25) is 0 Å². The quantitative estimate of drug-likeness (QED) is 0.426. The molecule has 1 aromatic carbocycles. The van der Waals surface area contributed by atoms with E-state index in [4.69, 9.17) is 0 Å².